The van der Waals surface area contributed by atoms with Crippen LogP contribution in [-0.2, 0) is 11.3 Å². The number of halogens is 1. The Morgan fingerprint density at radius 2 is 1.81 bits per heavy atom. The van der Waals surface area contributed by atoms with Crippen molar-refractivity contribution in [1.29, 1.82) is 0 Å². The average Bonchev–Trinajstić information content (AvgIpc) is 2.63. The van der Waals surface area contributed by atoms with Gasteiger partial charge in [-0.05, 0) is 56.2 Å². The molecule has 5 nitrogen and oxygen atoms in total. The monoisotopic (exact) mass is 475 g/mol. The predicted octanol–water partition coefficient (Wildman–Crippen LogP) is 3.96. The van der Waals surface area contributed by atoms with E-state index in [1.807, 2.05) is 12.1 Å². The van der Waals surface area contributed by atoms with Crippen LogP contribution in [0.3, 0.4) is 0 Å². The zero-order valence-electron chi connectivity index (χ0n) is 16.3. The molecular formula is C20H34IN3O2. The molecule has 2 N–H and O–H groups in total. The van der Waals surface area contributed by atoms with Crippen LogP contribution >= 0.6 is 24.0 Å². The number of nitrogens with zero attached hydrogens (tertiary/aromatic N) is 1. The molecule has 0 heterocycles. The van der Waals surface area contributed by atoms with Gasteiger partial charge in [0.15, 0.2) is 5.96 Å². The largest absolute Gasteiger partial charge is 0.491 e. The van der Waals surface area contributed by atoms with Crippen molar-refractivity contribution in [2.45, 2.75) is 52.1 Å². The molecule has 1 saturated carbocycles. The molecule has 1 aliphatic rings. The van der Waals surface area contributed by atoms with Crippen molar-refractivity contribution in [3.8, 4) is 5.75 Å². The summed E-state index contributed by atoms with van der Waals surface area (Å²) in [5.41, 5.74) is 1.17. The molecular weight excluding hydrogens is 441 g/mol. The smallest absolute Gasteiger partial charge is 0.191 e. The van der Waals surface area contributed by atoms with E-state index in [-0.39, 0.29) is 24.0 Å². The van der Waals surface area contributed by atoms with Gasteiger partial charge in [0.25, 0.3) is 0 Å². The summed E-state index contributed by atoms with van der Waals surface area (Å²) in [6.45, 7) is 7.16. The number of benzene rings is 1. The first-order chi connectivity index (χ1) is 12.2. The zero-order chi connectivity index (χ0) is 17.9. The van der Waals surface area contributed by atoms with Crippen molar-refractivity contribution < 1.29 is 9.47 Å². The van der Waals surface area contributed by atoms with E-state index in [1.165, 1.54) is 31.2 Å². The molecule has 1 aromatic carbocycles. The second-order valence-corrected chi connectivity index (χ2v) is 6.78. The minimum Gasteiger partial charge on any atom is -0.491 e. The van der Waals surface area contributed by atoms with E-state index in [0.717, 1.165) is 24.2 Å². The first-order valence-corrected chi connectivity index (χ1v) is 9.46. The van der Waals surface area contributed by atoms with Crippen LogP contribution in [0.4, 0.5) is 0 Å². The van der Waals surface area contributed by atoms with Crippen LogP contribution in [0.5, 0.6) is 5.75 Å². The molecule has 0 amide bonds. The maximum absolute atomic E-state index is 5.59. The minimum absolute atomic E-state index is 0. The van der Waals surface area contributed by atoms with Crippen LogP contribution in [0, 0.1) is 5.92 Å². The van der Waals surface area contributed by atoms with Gasteiger partial charge in [-0.25, -0.2) is 4.99 Å². The summed E-state index contributed by atoms with van der Waals surface area (Å²) in [7, 11) is 1.67. The highest BCUT2D eigenvalue weighted by Gasteiger charge is 2.18. The highest BCUT2D eigenvalue weighted by atomic mass is 127. The fourth-order valence-electron chi connectivity index (χ4n) is 3.02. The Morgan fingerprint density at radius 3 is 2.42 bits per heavy atom. The maximum Gasteiger partial charge on any atom is 0.191 e. The molecule has 0 bridgehead atoms. The molecule has 1 aliphatic carbocycles. The first kappa shape index (κ1) is 23.0. The van der Waals surface area contributed by atoms with E-state index >= 15 is 0 Å². The van der Waals surface area contributed by atoms with Crippen molar-refractivity contribution in [2.75, 3.05) is 26.9 Å². The number of rotatable bonds is 8. The van der Waals surface area contributed by atoms with E-state index in [0.29, 0.717) is 25.8 Å². The molecule has 0 radical (unpaired) electrons. The summed E-state index contributed by atoms with van der Waals surface area (Å²) in [4.78, 5) is 4.74. The van der Waals surface area contributed by atoms with Crippen LogP contribution in [0.25, 0.3) is 0 Å². The number of hydrogen-bond donors (Lipinski definition) is 2. The Labute approximate surface area is 175 Å². The molecule has 26 heavy (non-hydrogen) atoms. The molecule has 0 saturated heterocycles. The molecule has 0 unspecified atom stereocenters. The molecule has 6 heteroatoms. The van der Waals surface area contributed by atoms with Gasteiger partial charge in [-0.2, -0.15) is 0 Å². The average molecular weight is 475 g/mol. The third-order valence-corrected chi connectivity index (χ3v) is 4.60. The van der Waals surface area contributed by atoms with E-state index < -0.39 is 0 Å². The minimum atomic E-state index is 0. The first-order valence-electron chi connectivity index (χ1n) is 9.46. The lowest BCUT2D eigenvalue weighted by Crippen LogP contribution is -2.44. The Morgan fingerprint density at radius 1 is 1.12 bits per heavy atom. The standard InChI is InChI=1S/C20H33N3O2.HI/c1-4-21-20(23-18-9-5-16(2)6-10-18)22-15-17-7-11-19(12-8-17)25-14-13-24-3;/h7-8,11-12,16,18H,4-6,9-10,13-15H2,1-3H3,(H2,21,22,23);1H. The third kappa shape index (κ3) is 8.58. The van der Waals surface area contributed by atoms with Crippen LogP contribution < -0.4 is 15.4 Å². The summed E-state index contributed by atoms with van der Waals surface area (Å²) in [5, 5.41) is 6.95. The highest BCUT2D eigenvalue weighted by Crippen LogP contribution is 2.23. The SMILES string of the molecule is CCNC(=NCc1ccc(OCCOC)cc1)NC1CCC(C)CC1.I. The number of aliphatic imine (C=N–C) groups is 1. The number of hydrogen-bond acceptors (Lipinski definition) is 3. The van der Waals surface area contributed by atoms with Gasteiger partial charge in [-0.3, -0.25) is 0 Å². The lowest BCUT2D eigenvalue weighted by Gasteiger charge is -2.28. The molecule has 0 aliphatic heterocycles. The number of methoxy groups -OCH3 is 1. The number of ether oxygens (including phenoxy) is 2. The van der Waals surface area contributed by atoms with Crippen LogP contribution in [0.15, 0.2) is 29.3 Å². The fourth-order valence-corrected chi connectivity index (χ4v) is 3.02. The molecule has 1 aromatic rings. The Balaban J connectivity index is 0.00000338. The summed E-state index contributed by atoms with van der Waals surface area (Å²) < 4.78 is 10.6. The van der Waals surface area contributed by atoms with Crippen molar-refractivity contribution in [3.05, 3.63) is 29.8 Å². The molecule has 0 atom stereocenters. The number of nitrogens with one attached hydrogen (secondary N) is 2. The Kier molecular flexibility index (Phi) is 11.7. The fraction of sp³-hybridized carbons (Fsp3) is 0.650. The van der Waals surface area contributed by atoms with Gasteiger partial charge in [0.05, 0.1) is 13.2 Å². The molecule has 1 fully saturated rings. The Hall–Kier alpha value is -1.02. The predicted molar refractivity (Wildman–Crippen MR) is 119 cm³/mol. The number of guanidine groups is 1. The van der Waals surface area contributed by atoms with Crippen molar-refractivity contribution in [2.24, 2.45) is 10.9 Å². The highest BCUT2D eigenvalue weighted by molar-refractivity contribution is 14.0. The van der Waals surface area contributed by atoms with E-state index in [2.05, 4.69) is 36.6 Å². The van der Waals surface area contributed by atoms with Gasteiger partial charge in [0.1, 0.15) is 12.4 Å². The van der Waals surface area contributed by atoms with E-state index in [4.69, 9.17) is 14.5 Å². The van der Waals surface area contributed by atoms with Crippen molar-refractivity contribution in [3.63, 3.8) is 0 Å². The zero-order valence-corrected chi connectivity index (χ0v) is 18.6. The molecule has 0 aromatic heterocycles. The molecule has 0 spiro atoms. The molecule has 2 rings (SSSR count). The topological polar surface area (TPSA) is 54.9 Å². The van der Waals surface area contributed by atoms with Gasteiger partial charge in [0, 0.05) is 19.7 Å². The quantitative estimate of drug-likeness (QED) is 0.259. The normalized spacial score (nSPS) is 20.2. The third-order valence-electron chi connectivity index (χ3n) is 4.60. The van der Waals surface area contributed by atoms with Gasteiger partial charge < -0.3 is 20.1 Å². The summed E-state index contributed by atoms with van der Waals surface area (Å²) in [6, 6.07) is 8.66. The summed E-state index contributed by atoms with van der Waals surface area (Å²) in [5.74, 6) is 2.65. The van der Waals surface area contributed by atoms with E-state index in [1.54, 1.807) is 7.11 Å². The van der Waals surface area contributed by atoms with Crippen molar-refractivity contribution >= 4 is 29.9 Å². The van der Waals surface area contributed by atoms with Gasteiger partial charge >= 0.3 is 0 Å². The van der Waals surface area contributed by atoms with Gasteiger partial charge in [-0.1, -0.05) is 19.1 Å². The molecule has 148 valence electrons. The lowest BCUT2D eigenvalue weighted by atomic mass is 9.87. The lowest BCUT2D eigenvalue weighted by molar-refractivity contribution is 0.146. The summed E-state index contributed by atoms with van der Waals surface area (Å²) >= 11 is 0. The Bertz CT molecular complexity index is 514. The van der Waals surface area contributed by atoms with E-state index in [9.17, 15) is 0 Å². The van der Waals surface area contributed by atoms with Crippen molar-refractivity contribution in [1.82, 2.24) is 10.6 Å². The van der Waals surface area contributed by atoms with Crippen LogP contribution in [-0.4, -0.2) is 38.9 Å². The van der Waals surface area contributed by atoms with Crippen LogP contribution in [0.1, 0.15) is 45.1 Å². The second kappa shape index (κ2) is 13.2. The van der Waals surface area contributed by atoms with Gasteiger partial charge in [0.2, 0.25) is 0 Å². The maximum atomic E-state index is 5.59. The van der Waals surface area contributed by atoms with Gasteiger partial charge in [-0.15, -0.1) is 24.0 Å². The van der Waals surface area contributed by atoms with Crippen LogP contribution in [0.2, 0.25) is 0 Å². The summed E-state index contributed by atoms with van der Waals surface area (Å²) in [6.07, 6.45) is 5.08. The second-order valence-electron chi connectivity index (χ2n) is 6.78.